The number of alkyl carbamates (subject to hydrolysis) is 1. The molecule has 0 saturated heterocycles. The second kappa shape index (κ2) is 10.6. The Hall–Kier alpha value is -3.88. The van der Waals surface area contributed by atoms with Crippen LogP contribution >= 0.6 is 0 Å². The Bertz CT molecular complexity index is 1080. The Morgan fingerprint density at radius 3 is 1.97 bits per heavy atom. The van der Waals surface area contributed by atoms with Gasteiger partial charge < -0.3 is 25.2 Å². The lowest BCUT2D eigenvalue weighted by molar-refractivity contribution is -0.149. The van der Waals surface area contributed by atoms with Gasteiger partial charge in [-0.3, -0.25) is 9.59 Å². The molecule has 3 rings (SSSR count). The third-order valence-corrected chi connectivity index (χ3v) is 5.95. The van der Waals surface area contributed by atoms with E-state index in [0.717, 1.165) is 29.4 Å². The number of hydrogen-bond acceptors (Lipinski definition) is 6. The molecule has 0 spiro atoms. The molecule has 1 aliphatic rings. The molecule has 2 amide bonds. The first-order valence-corrected chi connectivity index (χ1v) is 11.2. The molecular formula is C26H30N2O7. The number of benzene rings is 2. The molecule has 9 nitrogen and oxygen atoms in total. The fourth-order valence-electron chi connectivity index (χ4n) is 4.14. The second-order valence-electron chi connectivity index (χ2n) is 9.45. The molecule has 0 aliphatic heterocycles. The summed E-state index contributed by atoms with van der Waals surface area (Å²) in [4.78, 5) is 48.6. The van der Waals surface area contributed by atoms with Crippen molar-refractivity contribution in [3.63, 3.8) is 0 Å². The van der Waals surface area contributed by atoms with E-state index in [1.54, 1.807) is 20.8 Å². The van der Waals surface area contributed by atoms with Crippen LogP contribution in [-0.4, -0.2) is 54.8 Å². The number of fused-ring (bicyclic) bond motifs is 3. The SMILES string of the molecule is COC(=O)C[C@@H](NC(=O)C(NC(=O)OCC1c2ccccc2-c2ccccc21)C(C)(C)C)C(=O)O. The predicted octanol–water partition coefficient (Wildman–Crippen LogP) is 3.07. The molecule has 0 fully saturated rings. The smallest absolute Gasteiger partial charge is 0.407 e. The van der Waals surface area contributed by atoms with Crippen molar-refractivity contribution >= 4 is 23.9 Å². The number of carboxylic acids is 1. The minimum Gasteiger partial charge on any atom is -0.480 e. The van der Waals surface area contributed by atoms with Crippen molar-refractivity contribution in [3.8, 4) is 11.1 Å². The molecule has 0 heterocycles. The maximum Gasteiger partial charge on any atom is 0.407 e. The number of methoxy groups -OCH3 is 1. The molecule has 186 valence electrons. The van der Waals surface area contributed by atoms with Gasteiger partial charge in [-0.15, -0.1) is 0 Å². The van der Waals surface area contributed by atoms with E-state index < -0.39 is 47.9 Å². The van der Waals surface area contributed by atoms with Crippen molar-refractivity contribution in [2.45, 2.75) is 45.2 Å². The number of ether oxygens (including phenoxy) is 2. The fourth-order valence-corrected chi connectivity index (χ4v) is 4.14. The van der Waals surface area contributed by atoms with Crippen LogP contribution in [0.2, 0.25) is 0 Å². The van der Waals surface area contributed by atoms with Crippen LogP contribution < -0.4 is 10.6 Å². The van der Waals surface area contributed by atoms with Gasteiger partial charge in [0.2, 0.25) is 5.91 Å². The van der Waals surface area contributed by atoms with Crippen molar-refractivity contribution < 1.29 is 33.8 Å². The first-order chi connectivity index (χ1) is 16.5. The Labute approximate surface area is 203 Å². The van der Waals surface area contributed by atoms with Crippen molar-refractivity contribution in [2.24, 2.45) is 5.41 Å². The third kappa shape index (κ3) is 5.98. The Kier molecular flexibility index (Phi) is 7.78. The number of aliphatic carboxylic acids is 1. The zero-order valence-corrected chi connectivity index (χ0v) is 20.2. The number of amides is 2. The Balaban J connectivity index is 1.69. The number of nitrogens with one attached hydrogen (secondary N) is 2. The standard InChI is InChI=1S/C26H30N2O7/c1-26(2,3)22(23(30)27-20(24(31)32)13-21(29)34-4)28-25(33)35-14-19-17-11-7-5-9-15(17)16-10-6-8-12-18(16)19/h5-12,19-20,22H,13-14H2,1-4H3,(H,27,30)(H,28,33)(H,31,32)/t20-,22?/m1/s1. The zero-order chi connectivity index (χ0) is 25.8. The van der Waals surface area contributed by atoms with E-state index in [0.29, 0.717) is 0 Å². The molecule has 0 radical (unpaired) electrons. The van der Waals surface area contributed by atoms with E-state index in [1.165, 1.54) is 0 Å². The number of carbonyl (C=O) groups excluding carboxylic acids is 3. The van der Waals surface area contributed by atoms with Crippen molar-refractivity contribution in [1.82, 2.24) is 10.6 Å². The van der Waals surface area contributed by atoms with Gasteiger partial charge in [-0.1, -0.05) is 69.3 Å². The van der Waals surface area contributed by atoms with Crippen molar-refractivity contribution in [1.29, 1.82) is 0 Å². The minimum absolute atomic E-state index is 0.0679. The maximum absolute atomic E-state index is 12.9. The maximum atomic E-state index is 12.9. The van der Waals surface area contributed by atoms with Crippen LogP contribution in [0.5, 0.6) is 0 Å². The molecule has 0 saturated carbocycles. The summed E-state index contributed by atoms with van der Waals surface area (Å²) >= 11 is 0. The van der Waals surface area contributed by atoms with Crippen LogP contribution in [-0.2, 0) is 23.9 Å². The lowest BCUT2D eigenvalue weighted by atomic mass is 9.86. The topological polar surface area (TPSA) is 131 Å². The van der Waals surface area contributed by atoms with Crippen LogP contribution in [0.4, 0.5) is 4.79 Å². The second-order valence-corrected chi connectivity index (χ2v) is 9.45. The molecule has 3 N–H and O–H groups in total. The summed E-state index contributed by atoms with van der Waals surface area (Å²) in [6, 6.07) is 13.2. The molecule has 0 bridgehead atoms. The average Bonchev–Trinajstić information content (AvgIpc) is 3.13. The highest BCUT2D eigenvalue weighted by Gasteiger charge is 2.36. The number of carbonyl (C=O) groups is 4. The van der Waals surface area contributed by atoms with E-state index in [4.69, 9.17) is 4.74 Å². The quantitative estimate of drug-likeness (QED) is 0.493. The number of esters is 1. The van der Waals surface area contributed by atoms with E-state index in [1.807, 2.05) is 48.5 Å². The Morgan fingerprint density at radius 2 is 1.49 bits per heavy atom. The van der Waals surface area contributed by atoms with Gasteiger partial charge in [0, 0.05) is 5.92 Å². The first-order valence-electron chi connectivity index (χ1n) is 11.2. The Morgan fingerprint density at radius 1 is 0.943 bits per heavy atom. The number of rotatable bonds is 8. The van der Waals surface area contributed by atoms with Gasteiger partial charge in [0.1, 0.15) is 18.7 Å². The largest absolute Gasteiger partial charge is 0.480 e. The normalized spacial score (nSPS) is 14.2. The van der Waals surface area contributed by atoms with Gasteiger partial charge in [-0.25, -0.2) is 9.59 Å². The first kappa shape index (κ1) is 25.7. The molecule has 1 aliphatic carbocycles. The van der Waals surface area contributed by atoms with Gasteiger partial charge in [0.15, 0.2) is 0 Å². The van der Waals surface area contributed by atoms with Gasteiger partial charge in [-0.05, 0) is 27.7 Å². The summed E-state index contributed by atoms with van der Waals surface area (Å²) in [6.45, 7) is 5.23. The number of hydrogen-bond donors (Lipinski definition) is 3. The van der Waals surface area contributed by atoms with Crippen LogP contribution in [0.25, 0.3) is 11.1 Å². The van der Waals surface area contributed by atoms with Crippen LogP contribution in [0.15, 0.2) is 48.5 Å². The van der Waals surface area contributed by atoms with E-state index in [-0.39, 0.29) is 12.5 Å². The fraction of sp³-hybridized carbons (Fsp3) is 0.385. The summed E-state index contributed by atoms with van der Waals surface area (Å²) in [5.74, 6) is -3.07. The highest BCUT2D eigenvalue weighted by molar-refractivity contribution is 5.91. The number of carboxylic acid groups (broad SMARTS) is 1. The minimum atomic E-state index is -1.50. The summed E-state index contributed by atoms with van der Waals surface area (Å²) in [5.41, 5.74) is 3.52. The molecule has 2 aromatic carbocycles. The zero-order valence-electron chi connectivity index (χ0n) is 20.2. The summed E-state index contributed by atoms with van der Waals surface area (Å²) in [7, 11) is 1.12. The van der Waals surface area contributed by atoms with E-state index in [9.17, 15) is 24.3 Å². The van der Waals surface area contributed by atoms with Gasteiger partial charge in [0.25, 0.3) is 0 Å². The molecule has 2 atom stereocenters. The average molecular weight is 483 g/mol. The van der Waals surface area contributed by atoms with Gasteiger partial charge in [-0.2, -0.15) is 0 Å². The monoisotopic (exact) mass is 482 g/mol. The summed E-state index contributed by atoms with van der Waals surface area (Å²) in [5, 5.41) is 14.2. The molecule has 0 aromatic heterocycles. The molecule has 2 aromatic rings. The summed E-state index contributed by atoms with van der Waals surface area (Å²) < 4.78 is 10.0. The molecule has 35 heavy (non-hydrogen) atoms. The third-order valence-electron chi connectivity index (χ3n) is 5.95. The lowest BCUT2D eigenvalue weighted by Gasteiger charge is -2.31. The molecular weight excluding hydrogens is 452 g/mol. The van der Waals surface area contributed by atoms with E-state index in [2.05, 4.69) is 15.4 Å². The highest BCUT2D eigenvalue weighted by Crippen LogP contribution is 2.44. The molecule has 9 heteroatoms. The van der Waals surface area contributed by atoms with E-state index >= 15 is 0 Å². The highest BCUT2D eigenvalue weighted by atomic mass is 16.5. The molecule has 1 unspecified atom stereocenters. The van der Waals surface area contributed by atoms with Crippen molar-refractivity contribution in [3.05, 3.63) is 59.7 Å². The van der Waals surface area contributed by atoms with Crippen LogP contribution in [0.3, 0.4) is 0 Å². The van der Waals surface area contributed by atoms with Gasteiger partial charge >= 0.3 is 18.0 Å². The van der Waals surface area contributed by atoms with Crippen LogP contribution in [0, 0.1) is 5.41 Å². The van der Waals surface area contributed by atoms with Gasteiger partial charge in [0.05, 0.1) is 13.5 Å². The van der Waals surface area contributed by atoms with Crippen LogP contribution in [0.1, 0.15) is 44.2 Å². The lowest BCUT2D eigenvalue weighted by Crippen LogP contribution is -2.57. The predicted molar refractivity (Wildman–Crippen MR) is 128 cm³/mol. The summed E-state index contributed by atoms with van der Waals surface area (Å²) in [6.07, 6.45) is -1.35. The van der Waals surface area contributed by atoms with Crippen molar-refractivity contribution in [2.75, 3.05) is 13.7 Å².